The Balaban J connectivity index is 1.96. The van der Waals surface area contributed by atoms with Crippen LogP contribution in [-0.2, 0) is 0 Å². The van der Waals surface area contributed by atoms with Gasteiger partial charge in [0.1, 0.15) is 0 Å². The van der Waals surface area contributed by atoms with E-state index in [1.165, 1.54) is 12.8 Å². The quantitative estimate of drug-likeness (QED) is 0.570. The largest absolute Gasteiger partial charge is 0.392 e. The second-order valence-electron chi connectivity index (χ2n) is 4.13. The molecule has 1 rings (SSSR count). The molecule has 0 aliphatic heterocycles. The van der Waals surface area contributed by atoms with Gasteiger partial charge in [-0.2, -0.15) is 0 Å². The average molecular weight is 200 g/mol. The zero-order valence-electron chi connectivity index (χ0n) is 9.50. The summed E-state index contributed by atoms with van der Waals surface area (Å²) in [6.45, 7) is 8.24. The minimum atomic E-state index is -0.175. The van der Waals surface area contributed by atoms with E-state index in [1.54, 1.807) is 0 Å². The van der Waals surface area contributed by atoms with E-state index in [0.29, 0.717) is 0 Å². The smallest absolute Gasteiger partial charge is 0.0662 e. The van der Waals surface area contributed by atoms with E-state index < -0.39 is 0 Å². The van der Waals surface area contributed by atoms with Crippen LogP contribution in [0.3, 0.4) is 0 Å². The van der Waals surface area contributed by atoms with Gasteiger partial charge < -0.3 is 10.4 Å². The van der Waals surface area contributed by atoms with Crippen molar-refractivity contribution in [2.24, 2.45) is 0 Å². The summed E-state index contributed by atoms with van der Waals surface area (Å²) in [6, 6.07) is 0.859. The number of aliphatic hydroxyl groups is 1. The van der Waals surface area contributed by atoms with Gasteiger partial charge in [-0.3, -0.25) is 4.90 Å². The lowest BCUT2D eigenvalue weighted by Gasteiger charge is -2.20. The number of hydrogen-bond acceptors (Lipinski definition) is 3. The van der Waals surface area contributed by atoms with Crippen LogP contribution >= 0.6 is 0 Å². The van der Waals surface area contributed by atoms with Crippen molar-refractivity contribution >= 4 is 0 Å². The number of rotatable bonds is 8. The predicted molar refractivity (Wildman–Crippen MR) is 59.4 cm³/mol. The third kappa shape index (κ3) is 4.40. The zero-order valence-corrected chi connectivity index (χ0v) is 9.50. The van der Waals surface area contributed by atoms with Crippen LogP contribution in [0.2, 0.25) is 0 Å². The Morgan fingerprint density at radius 3 is 2.64 bits per heavy atom. The molecule has 1 unspecified atom stereocenters. The lowest BCUT2D eigenvalue weighted by molar-refractivity contribution is 0.165. The van der Waals surface area contributed by atoms with Crippen LogP contribution in [0, 0.1) is 0 Å². The van der Waals surface area contributed by atoms with E-state index in [9.17, 15) is 5.11 Å². The minimum Gasteiger partial charge on any atom is -0.392 e. The zero-order chi connectivity index (χ0) is 10.4. The van der Waals surface area contributed by atoms with Gasteiger partial charge in [0.15, 0.2) is 0 Å². The van der Waals surface area contributed by atoms with Crippen LogP contribution in [0.15, 0.2) is 0 Å². The van der Waals surface area contributed by atoms with Crippen molar-refractivity contribution in [3.8, 4) is 0 Å². The topological polar surface area (TPSA) is 35.5 Å². The molecule has 14 heavy (non-hydrogen) atoms. The van der Waals surface area contributed by atoms with E-state index >= 15 is 0 Å². The number of aliphatic hydroxyl groups excluding tert-OH is 1. The van der Waals surface area contributed by atoms with E-state index in [4.69, 9.17) is 0 Å². The summed E-state index contributed by atoms with van der Waals surface area (Å²) in [5.74, 6) is 0. The van der Waals surface area contributed by atoms with Crippen LogP contribution < -0.4 is 5.32 Å². The standard InChI is InChI=1S/C11H24N2O/c1-3-11(14)9-12-7-8-13(4-2)10-5-6-10/h10-12,14H,3-9H2,1-2H3. The van der Waals surface area contributed by atoms with Crippen LogP contribution in [0.5, 0.6) is 0 Å². The first kappa shape index (κ1) is 12.0. The first-order valence-corrected chi connectivity index (χ1v) is 5.90. The highest BCUT2D eigenvalue weighted by atomic mass is 16.3. The first-order chi connectivity index (χ1) is 6.77. The Bertz CT molecular complexity index is 148. The van der Waals surface area contributed by atoms with E-state index in [2.05, 4.69) is 17.1 Å². The normalized spacial score (nSPS) is 18.9. The monoisotopic (exact) mass is 200 g/mol. The summed E-state index contributed by atoms with van der Waals surface area (Å²) >= 11 is 0. The maximum Gasteiger partial charge on any atom is 0.0662 e. The van der Waals surface area contributed by atoms with Gasteiger partial charge in [-0.25, -0.2) is 0 Å². The molecule has 3 nitrogen and oxygen atoms in total. The summed E-state index contributed by atoms with van der Waals surface area (Å²) < 4.78 is 0. The second kappa shape index (κ2) is 6.38. The fourth-order valence-electron chi connectivity index (χ4n) is 1.67. The second-order valence-corrected chi connectivity index (χ2v) is 4.13. The Hall–Kier alpha value is -0.120. The minimum absolute atomic E-state index is 0.175. The molecule has 0 aromatic heterocycles. The fraction of sp³-hybridized carbons (Fsp3) is 1.00. The summed E-state index contributed by atoms with van der Waals surface area (Å²) in [5.41, 5.74) is 0. The highest BCUT2D eigenvalue weighted by Gasteiger charge is 2.26. The third-order valence-electron chi connectivity index (χ3n) is 2.90. The highest BCUT2D eigenvalue weighted by Crippen LogP contribution is 2.25. The molecule has 0 aromatic rings. The molecule has 1 atom stereocenters. The number of nitrogens with zero attached hydrogens (tertiary/aromatic N) is 1. The van der Waals surface area contributed by atoms with Crippen molar-refractivity contribution in [2.75, 3.05) is 26.2 Å². The SMILES string of the molecule is CCC(O)CNCCN(CC)C1CC1. The van der Waals surface area contributed by atoms with Crippen LogP contribution in [-0.4, -0.2) is 48.3 Å². The van der Waals surface area contributed by atoms with Crippen molar-refractivity contribution in [3.63, 3.8) is 0 Å². The summed E-state index contributed by atoms with van der Waals surface area (Å²) in [6.07, 6.45) is 3.43. The van der Waals surface area contributed by atoms with Crippen molar-refractivity contribution in [1.29, 1.82) is 0 Å². The number of hydrogen-bond donors (Lipinski definition) is 2. The molecule has 2 N–H and O–H groups in total. The summed E-state index contributed by atoms with van der Waals surface area (Å²) in [5, 5.41) is 12.6. The Morgan fingerprint density at radius 1 is 1.43 bits per heavy atom. The molecule has 0 radical (unpaired) electrons. The van der Waals surface area contributed by atoms with Crippen molar-refractivity contribution in [1.82, 2.24) is 10.2 Å². The molecule has 0 heterocycles. The highest BCUT2D eigenvalue weighted by molar-refractivity contribution is 4.83. The van der Waals surface area contributed by atoms with E-state index in [1.807, 2.05) is 6.92 Å². The van der Waals surface area contributed by atoms with Gasteiger partial charge in [-0.05, 0) is 25.8 Å². The Kier molecular flexibility index (Phi) is 5.45. The molecule has 0 spiro atoms. The van der Waals surface area contributed by atoms with Crippen molar-refractivity contribution in [2.45, 2.75) is 45.3 Å². The van der Waals surface area contributed by atoms with Crippen molar-refractivity contribution in [3.05, 3.63) is 0 Å². The van der Waals surface area contributed by atoms with Crippen molar-refractivity contribution < 1.29 is 5.11 Å². The van der Waals surface area contributed by atoms with Crippen LogP contribution in [0.25, 0.3) is 0 Å². The van der Waals surface area contributed by atoms with Crippen LogP contribution in [0.1, 0.15) is 33.1 Å². The maximum atomic E-state index is 9.33. The van der Waals surface area contributed by atoms with Gasteiger partial charge in [-0.1, -0.05) is 13.8 Å². The molecule has 1 aliphatic rings. The maximum absolute atomic E-state index is 9.33. The number of likely N-dealkylation sites (N-methyl/N-ethyl adjacent to an activating group) is 1. The molecule has 84 valence electrons. The molecular formula is C11H24N2O. The molecule has 1 saturated carbocycles. The van der Waals surface area contributed by atoms with Gasteiger partial charge >= 0.3 is 0 Å². The van der Waals surface area contributed by atoms with Gasteiger partial charge in [0.05, 0.1) is 6.10 Å². The van der Waals surface area contributed by atoms with E-state index in [0.717, 1.165) is 38.6 Å². The lowest BCUT2D eigenvalue weighted by atomic mass is 10.3. The fourth-order valence-corrected chi connectivity index (χ4v) is 1.67. The number of nitrogens with one attached hydrogen (secondary N) is 1. The average Bonchev–Trinajstić information content (AvgIpc) is 3.01. The van der Waals surface area contributed by atoms with Gasteiger partial charge in [0.25, 0.3) is 0 Å². The van der Waals surface area contributed by atoms with Crippen LogP contribution in [0.4, 0.5) is 0 Å². The molecular weight excluding hydrogens is 176 g/mol. The molecule has 0 amide bonds. The summed E-state index contributed by atoms with van der Waals surface area (Å²) in [4.78, 5) is 2.52. The Morgan fingerprint density at radius 2 is 2.14 bits per heavy atom. The molecule has 0 saturated heterocycles. The Labute approximate surface area is 87.5 Å². The van der Waals surface area contributed by atoms with Gasteiger partial charge in [-0.15, -0.1) is 0 Å². The van der Waals surface area contributed by atoms with Gasteiger partial charge in [0, 0.05) is 25.7 Å². The molecule has 3 heteroatoms. The molecule has 0 aromatic carbocycles. The predicted octanol–water partition coefficient (Wildman–Crippen LogP) is 0.831. The van der Waals surface area contributed by atoms with E-state index in [-0.39, 0.29) is 6.10 Å². The summed E-state index contributed by atoms with van der Waals surface area (Å²) in [7, 11) is 0. The molecule has 1 aliphatic carbocycles. The van der Waals surface area contributed by atoms with Gasteiger partial charge in [0.2, 0.25) is 0 Å². The first-order valence-electron chi connectivity index (χ1n) is 5.90. The molecule has 1 fully saturated rings. The third-order valence-corrected chi connectivity index (χ3v) is 2.90. The molecule has 0 bridgehead atoms. The lowest BCUT2D eigenvalue weighted by Crippen LogP contribution is -2.36.